The van der Waals surface area contributed by atoms with E-state index in [2.05, 4.69) is 17.2 Å². The molecule has 2 unspecified atom stereocenters. The Morgan fingerprint density at radius 3 is 2.90 bits per heavy atom. The van der Waals surface area contributed by atoms with Gasteiger partial charge in [-0.25, -0.2) is 13.4 Å². The van der Waals surface area contributed by atoms with E-state index in [-0.39, 0.29) is 17.4 Å². The number of rotatable bonds is 2. The predicted octanol–water partition coefficient (Wildman–Crippen LogP) is 1.64. The molecule has 20 heavy (non-hydrogen) atoms. The first-order chi connectivity index (χ1) is 9.43. The van der Waals surface area contributed by atoms with E-state index in [0.717, 1.165) is 25.0 Å². The molecule has 1 aliphatic carbocycles. The van der Waals surface area contributed by atoms with E-state index in [9.17, 15) is 13.2 Å². The maximum absolute atomic E-state index is 12.1. The number of anilines is 1. The van der Waals surface area contributed by atoms with Crippen molar-refractivity contribution in [1.82, 2.24) is 4.98 Å². The largest absolute Gasteiger partial charge is 0.302 e. The Morgan fingerprint density at radius 2 is 2.20 bits per heavy atom. The van der Waals surface area contributed by atoms with Crippen LogP contribution >= 0.6 is 11.3 Å². The molecule has 7 heteroatoms. The number of aryl methyl sites for hydroxylation is 1. The molecule has 2 atom stereocenters. The van der Waals surface area contributed by atoms with E-state index >= 15 is 0 Å². The number of nitrogens with one attached hydrogen (secondary N) is 1. The van der Waals surface area contributed by atoms with Crippen LogP contribution in [0.4, 0.5) is 5.13 Å². The lowest BCUT2D eigenvalue weighted by Crippen LogP contribution is -2.23. The van der Waals surface area contributed by atoms with Crippen molar-refractivity contribution in [3.63, 3.8) is 0 Å². The normalized spacial score (nSPS) is 28.1. The lowest BCUT2D eigenvalue weighted by Gasteiger charge is -2.15. The summed E-state index contributed by atoms with van der Waals surface area (Å²) >= 11 is 1.53. The summed E-state index contributed by atoms with van der Waals surface area (Å²) in [6.07, 6.45) is 3.57. The van der Waals surface area contributed by atoms with Gasteiger partial charge in [0.15, 0.2) is 15.0 Å². The van der Waals surface area contributed by atoms with E-state index in [1.165, 1.54) is 16.2 Å². The van der Waals surface area contributed by atoms with E-state index in [1.54, 1.807) is 0 Å². The van der Waals surface area contributed by atoms with E-state index in [1.807, 2.05) is 0 Å². The molecule has 2 heterocycles. The Bertz CT molecular complexity index is 636. The number of hydrogen-bond donors (Lipinski definition) is 1. The Balaban J connectivity index is 1.68. The number of carbonyl (C=O) groups is 1. The third-order valence-corrected chi connectivity index (χ3v) is 6.82. The smallest absolute Gasteiger partial charge is 0.230 e. The van der Waals surface area contributed by atoms with Crippen LogP contribution in [0, 0.1) is 11.8 Å². The summed E-state index contributed by atoms with van der Waals surface area (Å²) < 4.78 is 22.8. The molecule has 1 fully saturated rings. The molecular weight excluding hydrogens is 296 g/mol. The van der Waals surface area contributed by atoms with Crippen molar-refractivity contribution in [1.29, 1.82) is 0 Å². The minimum Gasteiger partial charge on any atom is -0.302 e. The van der Waals surface area contributed by atoms with Crippen molar-refractivity contribution in [2.45, 2.75) is 32.6 Å². The van der Waals surface area contributed by atoms with Crippen molar-refractivity contribution in [3.05, 3.63) is 10.6 Å². The third-order valence-electron chi connectivity index (χ3n) is 4.02. The molecule has 1 aliphatic heterocycles. The van der Waals surface area contributed by atoms with Gasteiger partial charge in [-0.2, -0.15) is 0 Å². The van der Waals surface area contributed by atoms with Crippen LogP contribution in [0.2, 0.25) is 0 Å². The van der Waals surface area contributed by atoms with Gasteiger partial charge < -0.3 is 5.32 Å². The Labute approximate surface area is 122 Å². The van der Waals surface area contributed by atoms with Gasteiger partial charge in [0.25, 0.3) is 0 Å². The molecule has 2 aliphatic rings. The zero-order valence-electron chi connectivity index (χ0n) is 11.4. The number of fused-ring (bicyclic) bond motifs is 1. The summed E-state index contributed by atoms with van der Waals surface area (Å²) in [5, 5.41) is 3.42. The van der Waals surface area contributed by atoms with Crippen molar-refractivity contribution >= 4 is 32.2 Å². The Morgan fingerprint density at radius 1 is 1.40 bits per heavy atom. The summed E-state index contributed by atoms with van der Waals surface area (Å²) in [4.78, 5) is 17.8. The fourth-order valence-electron chi connectivity index (χ4n) is 2.80. The van der Waals surface area contributed by atoms with Gasteiger partial charge in [-0.1, -0.05) is 6.92 Å². The van der Waals surface area contributed by atoms with Gasteiger partial charge in [0.1, 0.15) is 0 Å². The van der Waals surface area contributed by atoms with E-state index in [4.69, 9.17) is 0 Å². The summed E-state index contributed by atoms with van der Waals surface area (Å²) in [6, 6.07) is 0. The molecule has 110 valence electrons. The molecule has 0 saturated carbocycles. The van der Waals surface area contributed by atoms with Crippen LogP contribution in [0.3, 0.4) is 0 Å². The zero-order chi connectivity index (χ0) is 14.3. The SMILES string of the molecule is CC1CCc2nc(NC(=O)C3CCS(=O)(=O)C3)sc2C1. The first-order valence-corrected chi connectivity index (χ1v) is 9.56. The summed E-state index contributed by atoms with van der Waals surface area (Å²) in [6.45, 7) is 2.23. The van der Waals surface area contributed by atoms with Gasteiger partial charge in [0, 0.05) is 4.88 Å². The molecule has 1 saturated heterocycles. The summed E-state index contributed by atoms with van der Waals surface area (Å²) in [5.74, 6) is 0.148. The lowest BCUT2D eigenvalue weighted by molar-refractivity contribution is -0.119. The highest BCUT2D eigenvalue weighted by Gasteiger charge is 2.33. The number of nitrogens with zero attached hydrogens (tertiary/aromatic N) is 1. The van der Waals surface area contributed by atoms with Crippen LogP contribution in [0.15, 0.2) is 0 Å². The third kappa shape index (κ3) is 2.88. The Kier molecular flexibility index (Phi) is 3.58. The number of amides is 1. The zero-order valence-corrected chi connectivity index (χ0v) is 13.0. The monoisotopic (exact) mass is 314 g/mol. The predicted molar refractivity (Wildman–Crippen MR) is 78.7 cm³/mol. The molecule has 1 amide bonds. The topological polar surface area (TPSA) is 76.1 Å². The van der Waals surface area contributed by atoms with E-state index < -0.39 is 15.8 Å². The molecule has 0 bridgehead atoms. The van der Waals surface area contributed by atoms with Crippen LogP contribution in [-0.2, 0) is 27.5 Å². The average molecular weight is 314 g/mol. The maximum Gasteiger partial charge on any atom is 0.230 e. The second-order valence-corrected chi connectivity index (χ2v) is 9.14. The van der Waals surface area contributed by atoms with Gasteiger partial charge in [-0.15, -0.1) is 11.3 Å². The number of hydrogen-bond acceptors (Lipinski definition) is 5. The molecule has 5 nitrogen and oxygen atoms in total. The fraction of sp³-hybridized carbons (Fsp3) is 0.692. The van der Waals surface area contributed by atoms with Crippen LogP contribution in [-0.4, -0.2) is 30.8 Å². The quantitative estimate of drug-likeness (QED) is 0.900. The van der Waals surface area contributed by atoms with Crippen molar-refractivity contribution < 1.29 is 13.2 Å². The highest BCUT2D eigenvalue weighted by Crippen LogP contribution is 2.32. The first-order valence-electron chi connectivity index (χ1n) is 6.93. The van der Waals surface area contributed by atoms with Crippen LogP contribution < -0.4 is 5.32 Å². The Hall–Kier alpha value is -0.950. The molecule has 3 rings (SSSR count). The number of sulfone groups is 1. The van der Waals surface area contributed by atoms with Crippen LogP contribution in [0.1, 0.15) is 30.3 Å². The highest BCUT2D eigenvalue weighted by molar-refractivity contribution is 7.91. The minimum atomic E-state index is -3.02. The highest BCUT2D eigenvalue weighted by atomic mass is 32.2. The van der Waals surface area contributed by atoms with Crippen LogP contribution in [0.25, 0.3) is 0 Å². The molecular formula is C13H18N2O3S2. The second kappa shape index (κ2) is 5.11. The fourth-order valence-corrected chi connectivity index (χ4v) is 5.72. The molecule has 1 N–H and O–H groups in total. The summed E-state index contributed by atoms with van der Waals surface area (Å²) in [7, 11) is -3.02. The number of aromatic nitrogens is 1. The first kappa shape index (κ1) is 14.0. The van der Waals surface area contributed by atoms with Gasteiger partial charge in [0.05, 0.1) is 23.1 Å². The van der Waals surface area contributed by atoms with Gasteiger partial charge in [-0.3, -0.25) is 4.79 Å². The lowest BCUT2D eigenvalue weighted by atomic mass is 9.93. The van der Waals surface area contributed by atoms with Crippen molar-refractivity contribution in [2.24, 2.45) is 11.8 Å². The molecule has 0 radical (unpaired) electrons. The number of thiazole rings is 1. The standard InChI is InChI=1S/C13H18N2O3S2/c1-8-2-3-10-11(6-8)19-13(14-10)15-12(16)9-4-5-20(17,18)7-9/h8-9H,2-7H2,1H3,(H,14,15,16). The van der Waals surface area contributed by atoms with Gasteiger partial charge in [0.2, 0.25) is 5.91 Å². The average Bonchev–Trinajstić information content (AvgIpc) is 2.91. The van der Waals surface area contributed by atoms with Crippen LogP contribution in [0.5, 0.6) is 0 Å². The number of carbonyl (C=O) groups excluding carboxylic acids is 1. The molecule has 1 aromatic rings. The van der Waals surface area contributed by atoms with Crippen molar-refractivity contribution in [2.75, 3.05) is 16.8 Å². The summed E-state index contributed by atoms with van der Waals surface area (Å²) in [5.41, 5.74) is 1.10. The second-order valence-electron chi connectivity index (χ2n) is 5.83. The maximum atomic E-state index is 12.1. The molecule has 0 aromatic carbocycles. The minimum absolute atomic E-state index is 0.0268. The van der Waals surface area contributed by atoms with E-state index in [0.29, 0.717) is 17.5 Å². The van der Waals surface area contributed by atoms with Gasteiger partial charge in [-0.05, 0) is 31.6 Å². The molecule has 1 aromatic heterocycles. The van der Waals surface area contributed by atoms with Gasteiger partial charge >= 0.3 is 0 Å². The molecule has 0 spiro atoms. The van der Waals surface area contributed by atoms with Crippen molar-refractivity contribution in [3.8, 4) is 0 Å².